The minimum Gasteiger partial charge on any atom is -0.480 e. The number of benzene rings is 1. The quantitative estimate of drug-likeness (QED) is 0.765. The summed E-state index contributed by atoms with van der Waals surface area (Å²) < 4.78 is 0. The molecule has 1 fully saturated rings. The lowest BCUT2D eigenvalue weighted by Crippen LogP contribution is -2.39. The van der Waals surface area contributed by atoms with Crippen molar-refractivity contribution in [1.82, 2.24) is 4.90 Å². The fourth-order valence-electron chi connectivity index (χ4n) is 3.13. The van der Waals surface area contributed by atoms with E-state index in [2.05, 4.69) is 25.7 Å². The molecule has 0 radical (unpaired) electrons. The molecule has 0 aliphatic carbocycles. The highest BCUT2D eigenvalue weighted by Crippen LogP contribution is 2.25. The Kier molecular flexibility index (Phi) is 13.2. The highest BCUT2D eigenvalue weighted by Gasteiger charge is 2.31. The van der Waals surface area contributed by atoms with Crippen LogP contribution in [0.15, 0.2) is 36.4 Å². The second-order valence-corrected chi connectivity index (χ2v) is 6.58. The van der Waals surface area contributed by atoms with Crippen LogP contribution >= 0.6 is 0 Å². The van der Waals surface area contributed by atoms with Crippen LogP contribution in [0.5, 0.6) is 0 Å². The first-order chi connectivity index (χ1) is 11.5. The monoisotopic (exact) mass is 335 g/mol. The van der Waals surface area contributed by atoms with E-state index in [1.165, 1.54) is 12.8 Å². The summed E-state index contributed by atoms with van der Waals surface area (Å²) in [6.45, 7) is 12.5. The molecule has 1 aromatic rings. The van der Waals surface area contributed by atoms with Crippen LogP contribution in [0.25, 0.3) is 0 Å². The van der Waals surface area contributed by atoms with Crippen LogP contribution in [0.3, 0.4) is 0 Å². The number of aliphatic carboxylic acids is 1. The Morgan fingerprint density at radius 2 is 1.62 bits per heavy atom. The Balaban J connectivity index is 0.000000547. The third-order valence-corrected chi connectivity index (χ3v) is 4.08. The molecule has 2 atom stereocenters. The number of nitrogens with zero attached hydrogens (tertiary/aromatic N) is 1. The SMILES string of the molecule is CC.CCCC(C(=O)O)N1CC[C@@H](CC(C)C)C1.c1ccccc1. The average molecular weight is 336 g/mol. The van der Waals surface area contributed by atoms with Crippen molar-refractivity contribution in [3.63, 3.8) is 0 Å². The van der Waals surface area contributed by atoms with Crippen LogP contribution in [0, 0.1) is 11.8 Å². The van der Waals surface area contributed by atoms with Gasteiger partial charge < -0.3 is 5.11 Å². The van der Waals surface area contributed by atoms with Crippen molar-refractivity contribution in [1.29, 1.82) is 0 Å². The second-order valence-electron chi connectivity index (χ2n) is 6.58. The summed E-state index contributed by atoms with van der Waals surface area (Å²) in [6.07, 6.45) is 4.13. The molecule has 0 amide bonds. The predicted molar refractivity (Wildman–Crippen MR) is 103 cm³/mol. The van der Waals surface area contributed by atoms with Gasteiger partial charge in [0.2, 0.25) is 0 Å². The topological polar surface area (TPSA) is 40.5 Å². The molecule has 1 heterocycles. The van der Waals surface area contributed by atoms with Crippen molar-refractivity contribution in [2.24, 2.45) is 11.8 Å². The Morgan fingerprint density at radius 1 is 1.12 bits per heavy atom. The van der Waals surface area contributed by atoms with Crippen molar-refractivity contribution >= 4 is 5.97 Å². The van der Waals surface area contributed by atoms with Crippen LogP contribution in [-0.2, 0) is 4.79 Å². The van der Waals surface area contributed by atoms with Crippen LogP contribution in [-0.4, -0.2) is 35.1 Å². The van der Waals surface area contributed by atoms with Crippen LogP contribution in [0.1, 0.15) is 60.3 Å². The summed E-state index contributed by atoms with van der Waals surface area (Å²) in [6, 6.07) is 11.8. The molecule has 1 aliphatic heterocycles. The number of hydrogen-bond acceptors (Lipinski definition) is 2. The van der Waals surface area contributed by atoms with Crippen molar-refractivity contribution in [2.75, 3.05) is 13.1 Å². The second kappa shape index (κ2) is 14.0. The Morgan fingerprint density at radius 3 is 2.00 bits per heavy atom. The molecule has 1 N–H and O–H groups in total. The molecule has 138 valence electrons. The van der Waals surface area contributed by atoms with Crippen LogP contribution in [0.4, 0.5) is 0 Å². The number of rotatable bonds is 6. The van der Waals surface area contributed by atoms with Crippen molar-refractivity contribution in [3.8, 4) is 0 Å². The lowest BCUT2D eigenvalue weighted by molar-refractivity contribution is -0.143. The van der Waals surface area contributed by atoms with Gasteiger partial charge in [-0.05, 0) is 37.6 Å². The van der Waals surface area contributed by atoms with Gasteiger partial charge in [-0.3, -0.25) is 9.69 Å². The zero-order chi connectivity index (χ0) is 18.4. The van der Waals surface area contributed by atoms with Crippen LogP contribution in [0.2, 0.25) is 0 Å². The van der Waals surface area contributed by atoms with Gasteiger partial charge >= 0.3 is 5.97 Å². The number of carbonyl (C=O) groups is 1. The Bertz CT molecular complexity index is 379. The van der Waals surface area contributed by atoms with Gasteiger partial charge in [0.15, 0.2) is 0 Å². The molecule has 3 nitrogen and oxygen atoms in total. The van der Waals surface area contributed by atoms with Gasteiger partial charge in [-0.2, -0.15) is 0 Å². The lowest BCUT2D eigenvalue weighted by Gasteiger charge is -2.24. The standard InChI is InChI=1S/C13H25NO2.C6H6.C2H6/c1-4-5-12(13(15)16)14-7-6-11(9-14)8-10(2)3;1-2-4-6-5-3-1;1-2/h10-12H,4-9H2,1-3H3,(H,15,16);1-6H;1-2H3/t11-,12?;;/m0../s1. The molecule has 0 bridgehead atoms. The first-order valence-corrected chi connectivity index (χ1v) is 9.51. The molecular weight excluding hydrogens is 298 g/mol. The summed E-state index contributed by atoms with van der Waals surface area (Å²) >= 11 is 0. The summed E-state index contributed by atoms with van der Waals surface area (Å²) in [5.41, 5.74) is 0. The van der Waals surface area contributed by atoms with Gasteiger partial charge in [-0.25, -0.2) is 0 Å². The van der Waals surface area contributed by atoms with Gasteiger partial charge in [0, 0.05) is 6.54 Å². The van der Waals surface area contributed by atoms with E-state index in [1.807, 2.05) is 50.2 Å². The zero-order valence-corrected chi connectivity index (χ0v) is 16.2. The largest absolute Gasteiger partial charge is 0.480 e. The fraction of sp³-hybridized carbons (Fsp3) is 0.667. The Labute approximate surface area is 149 Å². The van der Waals surface area contributed by atoms with E-state index in [-0.39, 0.29) is 6.04 Å². The lowest BCUT2D eigenvalue weighted by atomic mass is 9.96. The van der Waals surface area contributed by atoms with E-state index in [0.717, 1.165) is 31.8 Å². The predicted octanol–water partition coefficient (Wildman–Crippen LogP) is 5.32. The first-order valence-electron chi connectivity index (χ1n) is 9.51. The summed E-state index contributed by atoms with van der Waals surface area (Å²) in [5, 5.41) is 9.19. The van der Waals surface area contributed by atoms with E-state index >= 15 is 0 Å². The van der Waals surface area contributed by atoms with E-state index in [9.17, 15) is 9.90 Å². The van der Waals surface area contributed by atoms with Crippen LogP contribution < -0.4 is 0 Å². The van der Waals surface area contributed by atoms with E-state index in [0.29, 0.717) is 5.92 Å². The first kappa shape index (κ1) is 22.6. The molecule has 1 saturated heterocycles. The molecule has 3 heteroatoms. The fourth-order valence-corrected chi connectivity index (χ4v) is 3.13. The molecule has 1 aromatic carbocycles. The highest BCUT2D eigenvalue weighted by atomic mass is 16.4. The summed E-state index contributed by atoms with van der Waals surface area (Å²) in [7, 11) is 0. The number of carboxylic acids is 1. The third-order valence-electron chi connectivity index (χ3n) is 4.08. The summed E-state index contributed by atoms with van der Waals surface area (Å²) in [5.74, 6) is 0.783. The average Bonchev–Trinajstić information content (AvgIpc) is 3.03. The molecule has 0 aromatic heterocycles. The molecule has 1 aliphatic rings. The maximum absolute atomic E-state index is 11.2. The maximum atomic E-state index is 11.2. The molecule has 24 heavy (non-hydrogen) atoms. The molecule has 1 unspecified atom stereocenters. The number of likely N-dealkylation sites (tertiary alicyclic amines) is 1. The summed E-state index contributed by atoms with van der Waals surface area (Å²) in [4.78, 5) is 13.3. The number of carboxylic acid groups (broad SMARTS) is 1. The van der Waals surface area contributed by atoms with Gasteiger partial charge in [0.25, 0.3) is 0 Å². The molecule has 0 saturated carbocycles. The smallest absolute Gasteiger partial charge is 0.320 e. The molecule has 0 spiro atoms. The van der Waals surface area contributed by atoms with Gasteiger partial charge in [0.1, 0.15) is 6.04 Å². The van der Waals surface area contributed by atoms with Crippen molar-refractivity contribution < 1.29 is 9.90 Å². The maximum Gasteiger partial charge on any atom is 0.320 e. The molecular formula is C21H37NO2. The van der Waals surface area contributed by atoms with Crippen molar-refractivity contribution in [2.45, 2.75) is 66.3 Å². The van der Waals surface area contributed by atoms with E-state index < -0.39 is 5.97 Å². The van der Waals surface area contributed by atoms with Gasteiger partial charge in [0.05, 0.1) is 0 Å². The number of hydrogen-bond donors (Lipinski definition) is 1. The Hall–Kier alpha value is -1.35. The van der Waals surface area contributed by atoms with E-state index in [1.54, 1.807) is 0 Å². The normalized spacial score (nSPS) is 18.2. The minimum atomic E-state index is -0.646. The van der Waals surface area contributed by atoms with E-state index in [4.69, 9.17) is 0 Å². The third kappa shape index (κ3) is 9.71. The zero-order valence-electron chi connectivity index (χ0n) is 16.2. The minimum absolute atomic E-state index is 0.248. The van der Waals surface area contributed by atoms with Crippen molar-refractivity contribution in [3.05, 3.63) is 36.4 Å². The van der Waals surface area contributed by atoms with Gasteiger partial charge in [-0.1, -0.05) is 77.4 Å². The van der Waals surface area contributed by atoms with Gasteiger partial charge in [-0.15, -0.1) is 0 Å². The molecule has 2 rings (SSSR count). The highest BCUT2D eigenvalue weighted by molar-refractivity contribution is 5.73.